The molecule has 0 atom stereocenters. The van der Waals surface area contributed by atoms with Crippen molar-refractivity contribution in [3.63, 3.8) is 0 Å². The van der Waals surface area contributed by atoms with E-state index >= 15 is 0 Å². The van der Waals surface area contributed by atoms with Gasteiger partial charge in [-0.1, -0.05) is 0 Å². The molecule has 24 heavy (non-hydrogen) atoms. The Hall–Kier alpha value is -1.83. The quantitative estimate of drug-likeness (QED) is 0.820. The summed E-state index contributed by atoms with van der Waals surface area (Å²) >= 11 is 0. The predicted octanol–water partition coefficient (Wildman–Crippen LogP) is 0.388. The average molecular weight is 364 g/mol. The Kier molecular flexibility index (Phi) is 5.69. The lowest BCUT2D eigenvalue weighted by Gasteiger charge is -2.31. The van der Waals surface area contributed by atoms with Crippen molar-refractivity contribution >= 4 is 10.0 Å². The third-order valence-corrected chi connectivity index (χ3v) is 5.63. The highest BCUT2D eigenvalue weighted by molar-refractivity contribution is 7.89. The molecule has 1 aromatic rings. The highest BCUT2D eigenvalue weighted by Gasteiger charge is 2.32. The number of benzene rings is 1. The van der Waals surface area contributed by atoms with Crippen molar-refractivity contribution in [3.05, 3.63) is 24.3 Å². The van der Waals surface area contributed by atoms with E-state index in [4.69, 9.17) is 5.26 Å². The molecule has 1 aliphatic rings. The molecule has 6 nitrogen and oxygen atoms in total. The Morgan fingerprint density at radius 3 is 2.29 bits per heavy atom. The van der Waals surface area contributed by atoms with Crippen molar-refractivity contribution in [1.82, 2.24) is 4.31 Å². The molecule has 0 bridgehead atoms. The summed E-state index contributed by atoms with van der Waals surface area (Å²) in [6.07, 6.45) is -4.40. The van der Waals surface area contributed by atoms with E-state index in [0.717, 1.165) is 29.2 Å². The minimum Gasteiger partial charge on any atom is -0.406 e. The number of nitriles is 1. The summed E-state index contributed by atoms with van der Waals surface area (Å²) in [5.41, 5.74) is 0. The van der Waals surface area contributed by atoms with Crippen LogP contribution in [0.4, 0.5) is 13.2 Å². The molecule has 2 rings (SSSR count). The number of ether oxygens (including phenoxy) is 1. The molecular weight excluding hydrogens is 347 g/mol. The monoisotopic (exact) mass is 364 g/mol. The first-order valence-corrected chi connectivity index (χ1v) is 8.73. The van der Waals surface area contributed by atoms with Crippen molar-refractivity contribution in [1.29, 1.82) is 5.26 Å². The summed E-state index contributed by atoms with van der Waals surface area (Å²) in [4.78, 5) is 1.09. The number of nitrogens with one attached hydrogen (secondary N) is 1. The van der Waals surface area contributed by atoms with Gasteiger partial charge in [0.05, 0.1) is 50.1 Å². The maximum atomic E-state index is 12.5. The van der Waals surface area contributed by atoms with Crippen LogP contribution in [0.2, 0.25) is 0 Å². The Balaban J connectivity index is 2.02. The highest BCUT2D eigenvalue weighted by atomic mass is 32.2. The Morgan fingerprint density at radius 1 is 1.21 bits per heavy atom. The fourth-order valence-corrected chi connectivity index (χ4v) is 3.93. The summed E-state index contributed by atoms with van der Waals surface area (Å²) in [6, 6.07) is 6.23. The number of sulfonamides is 1. The lowest BCUT2D eigenvalue weighted by atomic mass is 10.3. The van der Waals surface area contributed by atoms with Gasteiger partial charge in [-0.3, -0.25) is 0 Å². The third-order valence-electron chi connectivity index (χ3n) is 3.71. The molecule has 1 aliphatic heterocycles. The number of hydrogen-bond acceptors (Lipinski definition) is 4. The van der Waals surface area contributed by atoms with Crippen LogP contribution < -0.4 is 9.64 Å². The van der Waals surface area contributed by atoms with Gasteiger partial charge in [0.2, 0.25) is 10.0 Å². The number of rotatable bonds is 5. The van der Waals surface area contributed by atoms with E-state index in [9.17, 15) is 21.6 Å². The first-order chi connectivity index (χ1) is 11.2. The van der Waals surface area contributed by atoms with Gasteiger partial charge in [-0.2, -0.15) is 9.57 Å². The molecule has 0 aromatic heterocycles. The number of hydrogen-bond donors (Lipinski definition) is 1. The van der Waals surface area contributed by atoms with E-state index in [0.29, 0.717) is 39.1 Å². The molecule has 1 heterocycles. The zero-order chi connectivity index (χ0) is 17.8. The molecule has 1 saturated heterocycles. The Labute approximate surface area is 138 Å². The summed E-state index contributed by atoms with van der Waals surface area (Å²) in [5.74, 6) is -0.466. The third kappa shape index (κ3) is 4.83. The van der Waals surface area contributed by atoms with Gasteiger partial charge in [-0.15, -0.1) is 13.2 Å². The van der Waals surface area contributed by atoms with E-state index in [1.165, 1.54) is 4.31 Å². The molecule has 1 fully saturated rings. The Morgan fingerprint density at radius 2 is 1.79 bits per heavy atom. The molecule has 10 heteroatoms. The van der Waals surface area contributed by atoms with Crippen LogP contribution >= 0.6 is 0 Å². The molecule has 0 radical (unpaired) electrons. The van der Waals surface area contributed by atoms with Gasteiger partial charge in [0, 0.05) is 0 Å². The first kappa shape index (κ1) is 18.5. The molecule has 0 amide bonds. The van der Waals surface area contributed by atoms with Gasteiger partial charge in [-0.25, -0.2) is 8.42 Å². The van der Waals surface area contributed by atoms with E-state index in [2.05, 4.69) is 10.8 Å². The second-order valence-corrected chi connectivity index (χ2v) is 7.27. The maximum Gasteiger partial charge on any atom is 0.573 e. The van der Waals surface area contributed by atoms with Crippen molar-refractivity contribution in [2.45, 2.75) is 17.7 Å². The van der Waals surface area contributed by atoms with Crippen molar-refractivity contribution in [3.8, 4) is 11.8 Å². The molecule has 0 aliphatic carbocycles. The van der Waals surface area contributed by atoms with Crippen LogP contribution in [0.25, 0.3) is 0 Å². The topological polar surface area (TPSA) is 74.8 Å². The van der Waals surface area contributed by atoms with Gasteiger partial charge >= 0.3 is 6.36 Å². The van der Waals surface area contributed by atoms with Crippen molar-refractivity contribution in [2.24, 2.45) is 0 Å². The second-order valence-electron chi connectivity index (χ2n) is 5.33. The van der Waals surface area contributed by atoms with Gasteiger partial charge < -0.3 is 9.64 Å². The largest absolute Gasteiger partial charge is 0.573 e. The standard InChI is InChI=1S/C14H16F3N3O3S/c15-14(16,17)23-12-2-4-13(5-3-12)24(21,22)20-10-8-19(9-11-20)7-1-6-18/h2-5H,1,7-11H2/p+1. The number of piperazine rings is 1. The van der Waals surface area contributed by atoms with Crippen LogP contribution in [0.5, 0.6) is 5.75 Å². The van der Waals surface area contributed by atoms with Crippen molar-refractivity contribution in [2.75, 3.05) is 32.7 Å². The molecule has 0 saturated carbocycles. The van der Waals surface area contributed by atoms with Crippen LogP contribution in [0.3, 0.4) is 0 Å². The van der Waals surface area contributed by atoms with Gasteiger partial charge in [-0.05, 0) is 24.3 Å². The fraction of sp³-hybridized carbons (Fsp3) is 0.500. The SMILES string of the molecule is N#CCC[NH+]1CCN(S(=O)(=O)c2ccc(OC(F)(F)F)cc2)CC1. The summed E-state index contributed by atoms with van der Waals surface area (Å²) in [6.45, 7) is 2.48. The smallest absolute Gasteiger partial charge is 0.406 e. The molecule has 132 valence electrons. The normalized spacial score (nSPS) is 17.4. The minimum atomic E-state index is -4.82. The van der Waals surface area contributed by atoms with E-state index in [1.54, 1.807) is 0 Å². The summed E-state index contributed by atoms with van der Waals surface area (Å²) in [7, 11) is -3.75. The Bertz CT molecular complexity index is 691. The number of nitrogens with zero attached hydrogens (tertiary/aromatic N) is 2. The second kappa shape index (κ2) is 7.38. The summed E-state index contributed by atoms with van der Waals surface area (Å²) < 4.78 is 66.4. The van der Waals surface area contributed by atoms with E-state index < -0.39 is 22.1 Å². The highest BCUT2D eigenvalue weighted by Crippen LogP contribution is 2.25. The summed E-state index contributed by atoms with van der Waals surface area (Å²) in [5, 5.41) is 8.57. The van der Waals surface area contributed by atoms with Gasteiger partial charge in [0.25, 0.3) is 0 Å². The first-order valence-electron chi connectivity index (χ1n) is 7.29. The number of halogens is 3. The lowest BCUT2D eigenvalue weighted by molar-refractivity contribution is -0.903. The van der Waals surface area contributed by atoms with Crippen LogP contribution in [-0.4, -0.2) is 51.8 Å². The minimum absolute atomic E-state index is 0.0718. The molecule has 1 N–H and O–H groups in total. The van der Waals surface area contributed by atoms with Crippen LogP contribution in [0.1, 0.15) is 6.42 Å². The number of alkyl halides is 3. The van der Waals surface area contributed by atoms with E-state index in [-0.39, 0.29) is 4.90 Å². The van der Waals surface area contributed by atoms with Gasteiger partial charge in [0.1, 0.15) is 5.75 Å². The average Bonchev–Trinajstić information content (AvgIpc) is 2.52. The zero-order valence-electron chi connectivity index (χ0n) is 12.7. The van der Waals surface area contributed by atoms with Crippen LogP contribution in [0.15, 0.2) is 29.2 Å². The van der Waals surface area contributed by atoms with E-state index in [1.807, 2.05) is 0 Å². The van der Waals surface area contributed by atoms with Crippen molar-refractivity contribution < 1.29 is 31.2 Å². The molecule has 1 aromatic carbocycles. The molecule has 0 spiro atoms. The van der Waals surface area contributed by atoms with Gasteiger partial charge in [0.15, 0.2) is 0 Å². The molecular formula is C14H17F3N3O3S+. The lowest BCUT2D eigenvalue weighted by Crippen LogP contribution is -3.14. The predicted molar refractivity (Wildman–Crippen MR) is 77.7 cm³/mol. The van der Waals surface area contributed by atoms with Crippen LogP contribution in [0, 0.1) is 11.3 Å². The molecule has 0 unspecified atom stereocenters. The zero-order valence-corrected chi connectivity index (χ0v) is 13.5. The van der Waals surface area contributed by atoms with Crippen LogP contribution in [-0.2, 0) is 10.0 Å². The maximum absolute atomic E-state index is 12.5. The number of quaternary nitrogens is 1. The fourth-order valence-electron chi connectivity index (χ4n) is 2.49.